The van der Waals surface area contributed by atoms with E-state index in [1.165, 1.54) is 16.8 Å². The molecule has 2 heterocycles. The quantitative estimate of drug-likeness (QED) is 0.813. The molecule has 1 aromatic rings. The average molecular weight is 240 g/mol. The molecule has 17 heavy (non-hydrogen) atoms. The Hall–Kier alpha value is -1.40. The second kappa shape index (κ2) is 4.85. The summed E-state index contributed by atoms with van der Waals surface area (Å²) in [4.78, 5) is 24.8. The van der Waals surface area contributed by atoms with E-state index in [-0.39, 0.29) is 18.2 Å². The predicted octanol–water partition coefficient (Wildman–Crippen LogP) is 0.107. The molecule has 6 heteroatoms. The van der Waals surface area contributed by atoms with Crippen LogP contribution in [0.1, 0.15) is 19.6 Å². The van der Waals surface area contributed by atoms with E-state index in [1.807, 2.05) is 6.92 Å². The molecule has 3 atom stereocenters. The number of methoxy groups -OCH3 is 1. The van der Waals surface area contributed by atoms with Crippen molar-refractivity contribution in [3.63, 3.8) is 0 Å². The molecule has 1 saturated heterocycles. The van der Waals surface area contributed by atoms with Crippen LogP contribution >= 0.6 is 0 Å². The fourth-order valence-corrected chi connectivity index (χ4v) is 2.18. The molecule has 0 bridgehead atoms. The Balaban J connectivity index is 2.23. The lowest BCUT2D eigenvalue weighted by atomic mass is 10.1. The van der Waals surface area contributed by atoms with Crippen LogP contribution in [-0.4, -0.2) is 29.4 Å². The van der Waals surface area contributed by atoms with Crippen molar-refractivity contribution in [3.05, 3.63) is 33.1 Å². The Morgan fingerprint density at radius 3 is 3.00 bits per heavy atom. The van der Waals surface area contributed by atoms with Crippen LogP contribution in [0.25, 0.3) is 0 Å². The van der Waals surface area contributed by atoms with E-state index in [0.29, 0.717) is 6.61 Å². The zero-order valence-corrected chi connectivity index (χ0v) is 9.88. The lowest BCUT2D eigenvalue weighted by molar-refractivity contribution is -0.0413. The van der Waals surface area contributed by atoms with Crippen LogP contribution in [-0.2, 0) is 9.47 Å². The Bertz CT molecular complexity index is 493. The van der Waals surface area contributed by atoms with E-state index in [0.717, 1.165) is 6.42 Å². The minimum absolute atomic E-state index is 0.00109. The van der Waals surface area contributed by atoms with Crippen molar-refractivity contribution in [3.8, 4) is 0 Å². The molecule has 0 spiro atoms. The Morgan fingerprint density at radius 1 is 1.59 bits per heavy atom. The zero-order valence-electron chi connectivity index (χ0n) is 9.88. The van der Waals surface area contributed by atoms with Crippen LogP contribution in [0.5, 0.6) is 0 Å². The zero-order chi connectivity index (χ0) is 12.4. The van der Waals surface area contributed by atoms with Gasteiger partial charge in [-0.3, -0.25) is 14.3 Å². The van der Waals surface area contributed by atoms with Crippen molar-refractivity contribution in [2.24, 2.45) is 5.92 Å². The Kier molecular flexibility index (Phi) is 3.44. The van der Waals surface area contributed by atoms with Gasteiger partial charge < -0.3 is 9.47 Å². The minimum atomic E-state index is -0.438. The van der Waals surface area contributed by atoms with Gasteiger partial charge in [0, 0.05) is 25.3 Å². The third kappa shape index (κ3) is 2.48. The number of hydrogen-bond donors (Lipinski definition) is 1. The summed E-state index contributed by atoms with van der Waals surface area (Å²) in [6, 6.07) is 1.32. The minimum Gasteiger partial charge on any atom is -0.382 e. The number of hydrogen-bond acceptors (Lipinski definition) is 4. The van der Waals surface area contributed by atoms with Crippen molar-refractivity contribution in [2.45, 2.75) is 25.7 Å². The fraction of sp³-hybridized carbons (Fsp3) is 0.636. The van der Waals surface area contributed by atoms with Gasteiger partial charge in [-0.1, -0.05) is 6.92 Å². The molecule has 1 aromatic heterocycles. The number of ether oxygens (including phenoxy) is 2. The summed E-state index contributed by atoms with van der Waals surface area (Å²) in [5.41, 5.74) is -0.835. The highest BCUT2D eigenvalue weighted by atomic mass is 16.5. The van der Waals surface area contributed by atoms with Crippen LogP contribution in [0.2, 0.25) is 0 Å². The Morgan fingerprint density at radius 2 is 2.35 bits per heavy atom. The number of aromatic amines is 1. The van der Waals surface area contributed by atoms with Crippen LogP contribution in [0.15, 0.2) is 21.9 Å². The third-order valence-corrected chi connectivity index (χ3v) is 2.93. The maximum absolute atomic E-state index is 11.6. The standard InChI is InChI=1S/C11H16N2O4/c1-7-5-8(6-16-2)17-10(7)13-4-3-9(14)12-11(13)15/h3-4,7-8,10H,5-6H2,1-2H3,(H,12,14,15)/t7-,8-,10?/m0/s1. The average Bonchev–Trinajstić information content (AvgIpc) is 2.60. The Labute approximate surface area is 98.2 Å². The van der Waals surface area contributed by atoms with E-state index in [1.54, 1.807) is 7.11 Å². The molecule has 0 aromatic carbocycles. The van der Waals surface area contributed by atoms with Gasteiger partial charge in [0.05, 0.1) is 12.7 Å². The molecule has 6 nitrogen and oxygen atoms in total. The van der Waals surface area contributed by atoms with Gasteiger partial charge in [0.1, 0.15) is 6.23 Å². The first kappa shape index (κ1) is 12.1. The molecule has 1 aliphatic heterocycles. The predicted molar refractivity (Wildman–Crippen MR) is 60.9 cm³/mol. The monoisotopic (exact) mass is 240 g/mol. The largest absolute Gasteiger partial charge is 0.382 e. The van der Waals surface area contributed by atoms with E-state index < -0.39 is 11.2 Å². The summed E-state index contributed by atoms with van der Waals surface area (Å²) in [6.45, 7) is 2.52. The number of rotatable bonds is 3. The summed E-state index contributed by atoms with van der Waals surface area (Å²) >= 11 is 0. The number of nitrogens with zero attached hydrogens (tertiary/aromatic N) is 1. The molecular formula is C11H16N2O4. The second-order valence-electron chi connectivity index (χ2n) is 4.33. The maximum atomic E-state index is 11.6. The molecule has 94 valence electrons. The normalized spacial score (nSPS) is 28.5. The lowest BCUT2D eigenvalue weighted by Crippen LogP contribution is -2.33. The smallest absolute Gasteiger partial charge is 0.330 e. The summed E-state index contributed by atoms with van der Waals surface area (Å²) < 4.78 is 12.2. The van der Waals surface area contributed by atoms with Gasteiger partial charge in [0.2, 0.25) is 0 Å². The van der Waals surface area contributed by atoms with E-state index in [4.69, 9.17) is 9.47 Å². The van der Waals surface area contributed by atoms with Crippen molar-refractivity contribution in [1.82, 2.24) is 9.55 Å². The summed E-state index contributed by atoms with van der Waals surface area (Å²) in [5, 5.41) is 0. The molecule has 0 aliphatic carbocycles. The van der Waals surface area contributed by atoms with E-state index in [2.05, 4.69) is 4.98 Å². The topological polar surface area (TPSA) is 73.3 Å². The fourth-order valence-electron chi connectivity index (χ4n) is 2.18. The SMILES string of the molecule is COC[C@@H]1C[C@H](C)C(n2ccc(=O)[nH]c2=O)O1. The van der Waals surface area contributed by atoms with Gasteiger partial charge in [-0.05, 0) is 6.42 Å². The van der Waals surface area contributed by atoms with Crippen LogP contribution < -0.4 is 11.2 Å². The summed E-state index contributed by atoms with van der Waals surface area (Å²) in [5.74, 6) is 0.207. The molecule has 0 saturated carbocycles. The van der Waals surface area contributed by atoms with Gasteiger partial charge in [-0.25, -0.2) is 4.79 Å². The first-order valence-corrected chi connectivity index (χ1v) is 5.57. The highest BCUT2D eigenvalue weighted by Gasteiger charge is 2.33. The van der Waals surface area contributed by atoms with Crippen molar-refractivity contribution in [1.29, 1.82) is 0 Å². The van der Waals surface area contributed by atoms with Gasteiger partial charge in [-0.15, -0.1) is 0 Å². The van der Waals surface area contributed by atoms with E-state index in [9.17, 15) is 9.59 Å². The number of nitrogens with one attached hydrogen (secondary N) is 1. The highest BCUT2D eigenvalue weighted by Crippen LogP contribution is 2.32. The number of H-pyrrole nitrogens is 1. The molecule has 1 N–H and O–H groups in total. The van der Waals surface area contributed by atoms with Gasteiger partial charge in [0.15, 0.2) is 0 Å². The molecule has 1 unspecified atom stereocenters. The second-order valence-corrected chi connectivity index (χ2v) is 4.33. The lowest BCUT2D eigenvalue weighted by Gasteiger charge is -2.17. The van der Waals surface area contributed by atoms with Crippen LogP contribution in [0.3, 0.4) is 0 Å². The van der Waals surface area contributed by atoms with Crippen molar-refractivity contribution < 1.29 is 9.47 Å². The molecular weight excluding hydrogens is 224 g/mol. The molecule has 0 radical (unpaired) electrons. The first-order chi connectivity index (χ1) is 8.11. The van der Waals surface area contributed by atoms with Crippen molar-refractivity contribution >= 4 is 0 Å². The first-order valence-electron chi connectivity index (χ1n) is 5.57. The molecule has 2 rings (SSSR count). The molecule has 1 fully saturated rings. The van der Waals surface area contributed by atoms with Gasteiger partial charge in [-0.2, -0.15) is 0 Å². The number of aromatic nitrogens is 2. The highest BCUT2D eigenvalue weighted by molar-refractivity contribution is 4.87. The third-order valence-electron chi connectivity index (χ3n) is 2.93. The maximum Gasteiger partial charge on any atom is 0.330 e. The molecule has 0 amide bonds. The van der Waals surface area contributed by atoms with Gasteiger partial charge in [0.25, 0.3) is 5.56 Å². The summed E-state index contributed by atoms with van der Waals surface area (Å²) in [7, 11) is 1.62. The molecule has 1 aliphatic rings. The van der Waals surface area contributed by atoms with Crippen LogP contribution in [0, 0.1) is 5.92 Å². The van der Waals surface area contributed by atoms with Crippen LogP contribution in [0.4, 0.5) is 0 Å². The van der Waals surface area contributed by atoms with E-state index >= 15 is 0 Å². The van der Waals surface area contributed by atoms with Gasteiger partial charge >= 0.3 is 5.69 Å². The summed E-state index contributed by atoms with van der Waals surface area (Å²) in [6.07, 6.45) is 1.97. The van der Waals surface area contributed by atoms with Crippen molar-refractivity contribution in [2.75, 3.05) is 13.7 Å².